The molecule has 5 nitrogen and oxygen atoms in total. The Hall–Kier alpha value is -2.27. The Kier molecular flexibility index (Phi) is 4.98. The molecule has 0 unspecified atom stereocenters. The zero-order valence-corrected chi connectivity index (χ0v) is 13.4. The number of nitrogens with two attached hydrogens (primary N) is 1. The van der Waals surface area contributed by atoms with Gasteiger partial charge >= 0.3 is 0 Å². The van der Waals surface area contributed by atoms with Crippen LogP contribution in [0.5, 0.6) is 11.5 Å². The first-order chi connectivity index (χ1) is 11.3. The van der Waals surface area contributed by atoms with Gasteiger partial charge in [-0.15, -0.1) is 0 Å². The van der Waals surface area contributed by atoms with E-state index < -0.39 is 0 Å². The summed E-state index contributed by atoms with van der Waals surface area (Å²) in [5.74, 6) is 2.24. The second-order valence-corrected chi connectivity index (χ2v) is 5.79. The smallest absolute Gasteiger partial charge is 0.161 e. The Bertz CT molecular complexity index is 640. The molecular formula is C18H23N3O2. The SMILES string of the molecule is COc1ccccc1OC1CCN(Cc2cccnc2N)CC1. The summed E-state index contributed by atoms with van der Waals surface area (Å²) in [6.07, 6.45) is 3.96. The van der Waals surface area contributed by atoms with E-state index in [-0.39, 0.29) is 6.10 Å². The van der Waals surface area contributed by atoms with Crippen LogP contribution in [-0.4, -0.2) is 36.2 Å². The first-order valence-corrected chi connectivity index (χ1v) is 7.97. The maximum absolute atomic E-state index is 6.11. The predicted molar refractivity (Wildman–Crippen MR) is 90.6 cm³/mol. The summed E-state index contributed by atoms with van der Waals surface area (Å²) in [6.45, 7) is 2.84. The van der Waals surface area contributed by atoms with Crippen LogP contribution in [-0.2, 0) is 6.54 Å². The van der Waals surface area contributed by atoms with Crippen molar-refractivity contribution < 1.29 is 9.47 Å². The van der Waals surface area contributed by atoms with Gasteiger partial charge < -0.3 is 15.2 Å². The minimum atomic E-state index is 0.230. The lowest BCUT2D eigenvalue weighted by molar-refractivity contribution is 0.0944. The van der Waals surface area contributed by atoms with Gasteiger partial charge in [0.1, 0.15) is 11.9 Å². The van der Waals surface area contributed by atoms with Gasteiger partial charge in [-0.3, -0.25) is 4.90 Å². The molecule has 1 saturated heterocycles. The molecule has 1 aromatic heterocycles. The highest BCUT2D eigenvalue weighted by atomic mass is 16.5. The number of pyridine rings is 1. The third-order valence-electron chi connectivity index (χ3n) is 4.22. The van der Waals surface area contributed by atoms with Crippen molar-refractivity contribution in [2.45, 2.75) is 25.5 Å². The lowest BCUT2D eigenvalue weighted by Crippen LogP contribution is -2.38. The number of para-hydroxylation sites is 2. The van der Waals surface area contributed by atoms with Crippen molar-refractivity contribution in [3.05, 3.63) is 48.2 Å². The van der Waals surface area contributed by atoms with Crippen LogP contribution in [0.4, 0.5) is 5.82 Å². The molecule has 23 heavy (non-hydrogen) atoms. The van der Waals surface area contributed by atoms with Crippen molar-refractivity contribution in [1.29, 1.82) is 0 Å². The summed E-state index contributed by atoms with van der Waals surface area (Å²) in [4.78, 5) is 6.55. The van der Waals surface area contributed by atoms with Gasteiger partial charge in [-0.05, 0) is 31.0 Å². The van der Waals surface area contributed by atoms with E-state index in [4.69, 9.17) is 15.2 Å². The lowest BCUT2D eigenvalue weighted by atomic mass is 10.1. The van der Waals surface area contributed by atoms with Gasteiger partial charge in [0.15, 0.2) is 11.5 Å². The minimum absolute atomic E-state index is 0.230. The van der Waals surface area contributed by atoms with Crippen LogP contribution in [0.25, 0.3) is 0 Å². The zero-order valence-electron chi connectivity index (χ0n) is 13.4. The second kappa shape index (κ2) is 7.33. The topological polar surface area (TPSA) is 60.6 Å². The quantitative estimate of drug-likeness (QED) is 0.919. The minimum Gasteiger partial charge on any atom is -0.493 e. The largest absolute Gasteiger partial charge is 0.493 e. The Morgan fingerprint density at radius 1 is 1.13 bits per heavy atom. The van der Waals surface area contributed by atoms with Crippen LogP contribution >= 0.6 is 0 Å². The number of aromatic nitrogens is 1. The molecule has 1 aliphatic heterocycles. The molecule has 5 heteroatoms. The van der Waals surface area contributed by atoms with E-state index in [0.717, 1.165) is 49.5 Å². The van der Waals surface area contributed by atoms with Crippen LogP contribution in [0.15, 0.2) is 42.6 Å². The summed E-state index contributed by atoms with van der Waals surface area (Å²) in [6, 6.07) is 11.8. The summed E-state index contributed by atoms with van der Waals surface area (Å²) in [7, 11) is 1.67. The Labute approximate surface area is 137 Å². The maximum Gasteiger partial charge on any atom is 0.161 e. The summed E-state index contributed by atoms with van der Waals surface area (Å²) >= 11 is 0. The first-order valence-electron chi connectivity index (χ1n) is 7.97. The molecule has 122 valence electrons. The van der Waals surface area contributed by atoms with Gasteiger partial charge in [0.25, 0.3) is 0 Å². The number of nitrogens with zero attached hydrogens (tertiary/aromatic N) is 2. The molecule has 0 radical (unpaired) electrons. The fourth-order valence-corrected chi connectivity index (χ4v) is 2.91. The van der Waals surface area contributed by atoms with Gasteiger partial charge in [0.2, 0.25) is 0 Å². The molecule has 1 aliphatic rings. The standard InChI is InChI=1S/C18H23N3O2/c1-22-16-6-2-3-7-17(16)23-15-8-11-21(12-9-15)13-14-5-4-10-20-18(14)19/h2-7,10,15H,8-9,11-13H2,1H3,(H2,19,20). The third-order valence-corrected chi connectivity index (χ3v) is 4.22. The van der Waals surface area contributed by atoms with Crippen LogP contribution < -0.4 is 15.2 Å². The fourth-order valence-electron chi connectivity index (χ4n) is 2.91. The van der Waals surface area contributed by atoms with E-state index in [1.807, 2.05) is 36.4 Å². The molecule has 0 aliphatic carbocycles. The van der Waals surface area contributed by atoms with E-state index in [0.29, 0.717) is 5.82 Å². The molecule has 0 amide bonds. The average Bonchev–Trinajstić information content (AvgIpc) is 2.59. The van der Waals surface area contributed by atoms with E-state index in [9.17, 15) is 0 Å². The molecule has 0 atom stereocenters. The van der Waals surface area contributed by atoms with E-state index in [2.05, 4.69) is 9.88 Å². The molecule has 2 heterocycles. The van der Waals surface area contributed by atoms with Crippen LogP contribution in [0.2, 0.25) is 0 Å². The average molecular weight is 313 g/mol. The number of ether oxygens (including phenoxy) is 2. The Morgan fingerprint density at radius 3 is 2.57 bits per heavy atom. The molecule has 0 spiro atoms. The molecule has 2 aromatic rings. The first kappa shape index (κ1) is 15.6. The number of piperidine rings is 1. The maximum atomic E-state index is 6.11. The van der Waals surface area contributed by atoms with Crippen molar-refractivity contribution in [2.75, 3.05) is 25.9 Å². The van der Waals surface area contributed by atoms with Gasteiger partial charge in [0.05, 0.1) is 7.11 Å². The second-order valence-electron chi connectivity index (χ2n) is 5.79. The normalized spacial score (nSPS) is 16.2. The number of hydrogen-bond acceptors (Lipinski definition) is 5. The molecule has 1 aromatic carbocycles. The van der Waals surface area contributed by atoms with Crippen molar-refractivity contribution in [3.8, 4) is 11.5 Å². The zero-order chi connectivity index (χ0) is 16.1. The van der Waals surface area contributed by atoms with Crippen molar-refractivity contribution in [3.63, 3.8) is 0 Å². The summed E-state index contributed by atoms with van der Waals surface area (Å²) in [5.41, 5.74) is 7.02. The number of nitrogen functional groups attached to an aromatic ring is 1. The van der Waals surface area contributed by atoms with Gasteiger partial charge in [0, 0.05) is 31.4 Å². The van der Waals surface area contributed by atoms with Gasteiger partial charge in [-0.2, -0.15) is 0 Å². The van der Waals surface area contributed by atoms with Crippen molar-refractivity contribution in [2.24, 2.45) is 0 Å². The molecule has 1 fully saturated rings. The van der Waals surface area contributed by atoms with E-state index in [1.54, 1.807) is 13.3 Å². The predicted octanol–water partition coefficient (Wildman–Crippen LogP) is 2.72. The number of benzene rings is 1. The van der Waals surface area contributed by atoms with Crippen molar-refractivity contribution in [1.82, 2.24) is 9.88 Å². The fraction of sp³-hybridized carbons (Fsp3) is 0.389. The highest BCUT2D eigenvalue weighted by Gasteiger charge is 2.22. The summed E-state index contributed by atoms with van der Waals surface area (Å²) in [5, 5.41) is 0. The van der Waals surface area contributed by atoms with E-state index >= 15 is 0 Å². The molecule has 2 N–H and O–H groups in total. The Balaban J connectivity index is 1.53. The van der Waals surface area contributed by atoms with Crippen LogP contribution in [0.3, 0.4) is 0 Å². The Morgan fingerprint density at radius 2 is 1.87 bits per heavy atom. The molecular weight excluding hydrogens is 290 g/mol. The highest BCUT2D eigenvalue weighted by Crippen LogP contribution is 2.29. The molecule has 0 bridgehead atoms. The molecule has 3 rings (SSSR count). The van der Waals surface area contributed by atoms with Crippen LogP contribution in [0.1, 0.15) is 18.4 Å². The van der Waals surface area contributed by atoms with Gasteiger partial charge in [-0.1, -0.05) is 18.2 Å². The third kappa shape index (κ3) is 3.93. The highest BCUT2D eigenvalue weighted by molar-refractivity contribution is 5.39. The number of anilines is 1. The van der Waals surface area contributed by atoms with Gasteiger partial charge in [-0.25, -0.2) is 4.98 Å². The van der Waals surface area contributed by atoms with E-state index in [1.165, 1.54) is 0 Å². The summed E-state index contributed by atoms with van der Waals surface area (Å²) < 4.78 is 11.5. The number of rotatable bonds is 5. The molecule has 0 saturated carbocycles. The van der Waals surface area contributed by atoms with Crippen molar-refractivity contribution >= 4 is 5.82 Å². The number of likely N-dealkylation sites (tertiary alicyclic amines) is 1. The number of methoxy groups -OCH3 is 1. The van der Waals surface area contributed by atoms with Crippen LogP contribution in [0, 0.1) is 0 Å². The lowest BCUT2D eigenvalue weighted by Gasteiger charge is -2.32. The number of hydrogen-bond donors (Lipinski definition) is 1. The monoisotopic (exact) mass is 313 g/mol.